The predicted molar refractivity (Wildman–Crippen MR) is 119 cm³/mol. The molecule has 0 saturated carbocycles. The fourth-order valence-corrected chi connectivity index (χ4v) is 5.44. The maximum Gasteiger partial charge on any atom is 0.418 e. The van der Waals surface area contributed by atoms with E-state index in [1.807, 2.05) is 4.90 Å². The number of anilines is 1. The molecule has 1 unspecified atom stereocenters. The van der Waals surface area contributed by atoms with E-state index in [9.17, 15) is 26.7 Å². The SMILES string of the molecule is COc1ccc(S(=O)(=O)n2cc(C(O)C(F)(F)F)c3ccc(Cl)cc32)cc1N1CCNCC1. The van der Waals surface area contributed by atoms with E-state index in [-0.39, 0.29) is 20.8 Å². The van der Waals surface area contributed by atoms with Crippen LogP contribution in [0.2, 0.25) is 5.02 Å². The van der Waals surface area contributed by atoms with Crippen LogP contribution in [0.5, 0.6) is 5.75 Å². The van der Waals surface area contributed by atoms with Gasteiger partial charge in [-0.25, -0.2) is 12.4 Å². The summed E-state index contributed by atoms with van der Waals surface area (Å²) in [4.78, 5) is 1.83. The Morgan fingerprint density at radius 2 is 1.85 bits per heavy atom. The molecule has 0 radical (unpaired) electrons. The summed E-state index contributed by atoms with van der Waals surface area (Å²) in [5.74, 6) is 0.476. The standard InChI is InChI=1S/C21H21ClF3N3O4S/c1-32-19-5-3-14(11-18(19)27-8-6-26-7-9-27)33(30,31)28-12-16(20(29)21(23,24)25)15-4-2-13(22)10-17(15)28/h2-5,10-12,20,26,29H,6-9H2,1H3. The highest BCUT2D eigenvalue weighted by Crippen LogP contribution is 2.39. The highest BCUT2D eigenvalue weighted by Gasteiger charge is 2.41. The molecule has 12 heteroatoms. The molecule has 1 aliphatic rings. The van der Waals surface area contributed by atoms with E-state index in [4.69, 9.17) is 16.3 Å². The minimum Gasteiger partial charge on any atom is -0.495 e. The molecule has 4 rings (SSSR count). The Morgan fingerprint density at radius 1 is 1.15 bits per heavy atom. The third-order valence-electron chi connectivity index (χ3n) is 5.53. The molecule has 0 spiro atoms. The topological polar surface area (TPSA) is 83.8 Å². The van der Waals surface area contributed by atoms with Gasteiger partial charge < -0.3 is 20.1 Å². The minimum atomic E-state index is -4.97. The van der Waals surface area contributed by atoms with E-state index in [1.54, 1.807) is 0 Å². The maximum atomic E-state index is 13.6. The average molecular weight is 504 g/mol. The van der Waals surface area contributed by atoms with Crippen molar-refractivity contribution in [1.29, 1.82) is 0 Å². The quantitative estimate of drug-likeness (QED) is 0.554. The second kappa shape index (κ2) is 8.71. The number of fused-ring (bicyclic) bond motifs is 1. The van der Waals surface area contributed by atoms with Gasteiger partial charge >= 0.3 is 6.18 Å². The van der Waals surface area contributed by atoms with Gasteiger partial charge in [0.15, 0.2) is 6.10 Å². The summed E-state index contributed by atoms with van der Waals surface area (Å²) in [6.07, 6.45) is -7.04. The lowest BCUT2D eigenvalue weighted by Gasteiger charge is -2.30. The molecule has 7 nitrogen and oxygen atoms in total. The Hall–Kier alpha value is -2.47. The van der Waals surface area contributed by atoms with Crippen molar-refractivity contribution < 1.29 is 31.4 Å². The summed E-state index contributed by atoms with van der Waals surface area (Å²) >= 11 is 6.01. The number of benzene rings is 2. The third-order valence-corrected chi connectivity index (χ3v) is 7.44. The summed E-state index contributed by atoms with van der Waals surface area (Å²) < 4.78 is 73.0. The fourth-order valence-electron chi connectivity index (χ4n) is 3.89. The molecule has 0 amide bonds. The first-order valence-corrected chi connectivity index (χ1v) is 11.8. The number of nitrogens with one attached hydrogen (secondary N) is 1. The van der Waals surface area contributed by atoms with Crippen LogP contribution >= 0.6 is 11.6 Å². The molecular formula is C21H21ClF3N3O4S. The first-order chi connectivity index (χ1) is 15.5. The number of aliphatic hydroxyl groups excluding tert-OH is 1. The number of hydrogen-bond donors (Lipinski definition) is 2. The number of piperazine rings is 1. The van der Waals surface area contributed by atoms with Gasteiger partial charge in [0.1, 0.15) is 5.75 Å². The lowest BCUT2D eigenvalue weighted by Crippen LogP contribution is -2.43. The lowest BCUT2D eigenvalue weighted by molar-refractivity contribution is -0.206. The van der Waals surface area contributed by atoms with E-state index in [0.29, 0.717) is 37.6 Å². The molecule has 1 atom stereocenters. The number of aliphatic hydroxyl groups is 1. The van der Waals surface area contributed by atoms with Crippen molar-refractivity contribution >= 4 is 38.2 Å². The van der Waals surface area contributed by atoms with E-state index in [2.05, 4.69) is 5.32 Å². The molecule has 1 aromatic heterocycles. The molecule has 2 N–H and O–H groups in total. The van der Waals surface area contributed by atoms with E-state index < -0.39 is 27.9 Å². The smallest absolute Gasteiger partial charge is 0.418 e. The van der Waals surface area contributed by atoms with Crippen molar-refractivity contribution in [2.75, 3.05) is 38.2 Å². The van der Waals surface area contributed by atoms with Crippen molar-refractivity contribution in [3.05, 3.63) is 53.2 Å². The van der Waals surface area contributed by atoms with Crippen molar-refractivity contribution in [3.8, 4) is 5.75 Å². The van der Waals surface area contributed by atoms with Gasteiger partial charge in [0.2, 0.25) is 0 Å². The number of rotatable bonds is 5. The van der Waals surface area contributed by atoms with Crippen LogP contribution < -0.4 is 15.0 Å². The predicted octanol–water partition coefficient (Wildman–Crippen LogP) is 3.55. The molecule has 178 valence electrons. The van der Waals surface area contributed by atoms with E-state index >= 15 is 0 Å². The Kier molecular flexibility index (Phi) is 6.25. The van der Waals surface area contributed by atoms with Crippen molar-refractivity contribution in [2.24, 2.45) is 0 Å². The molecule has 0 aliphatic carbocycles. The van der Waals surface area contributed by atoms with Crippen LogP contribution in [0.25, 0.3) is 10.9 Å². The zero-order valence-electron chi connectivity index (χ0n) is 17.4. The van der Waals surface area contributed by atoms with Crippen LogP contribution in [0, 0.1) is 0 Å². The summed E-state index contributed by atoms with van der Waals surface area (Å²) in [5.41, 5.74) is -0.0842. The molecule has 2 aromatic carbocycles. The maximum absolute atomic E-state index is 13.6. The number of ether oxygens (including phenoxy) is 1. The highest BCUT2D eigenvalue weighted by molar-refractivity contribution is 7.90. The first kappa shape index (κ1) is 23.7. The minimum absolute atomic E-state index is 0.0661. The fraction of sp³-hybridized carbons (Fsp3) is 0.333. The van der Waals surface area contributed by atoms with Crippen LogP contribution in [-0.4, -0.2) is 57.0 Å². The Morgan fingerprint density at radius 3 is 2.48 bits per heavy atom. The summed E-state index contributed by atoms with van der Waals surface area (Å²) in [7, 11) is -2.87. The van der Waals surface area contributed by atoms with Gasteiger partial charge in [-0.3, -0.25) is 0 Å². The summed E-state index contributed by atoms with van der Waals surface area (Å²) in [6.45, 7) is 2.67. The first-order valence-electron chi connectivity index (χ1n) is 9.98. The average Bonchev–Trinajstić information content (AvgIpc) is 3.17. The number of hydrogen-bond acceptors (Lipinski definition) is 6. The van der Waals surface area contributed by atoms with Crippen molar-refractivity contribution in [2.45, 2.75) is 17.2 Å². The van der Waals surface area contributed by atoms with Crippen LogP contribution in [0.1, 0.15) is 11.7 Å². The molecule has 33 heavy (non-hydrogen) atoms. The zero-order chi connectivity index (χ0) is 24.0. The largest absolute Gasteiger partial charge is 0.495 e. The van der Waals surface area contributed by atoms with Gasteiger partial charge in [0.05, 0.1) is 23.2 Å². The van der Waals surface area contributed by atoms with Gasteiger partial charge in [-0.15, -0.1) is 0 Å². The van der Waals surface area contributed by atoms with E-state index in [1.165, 1.54) is 43.5 Å². The number of halogens is 4. The summed E-state index contributed by atoms with van der Waals surface area (Å²) in [6, 6.07) is 8.12. The van der Waals surface area contributed by atoms with Crippen molar-refractivity contribution in [3.63, 3.8) is 0 Å². The number of alkyl halides is 3. The van der Waals surface area contributed by atoms with Crippen molar-refractivity contribution in [1.82, 2.24) is 9.29 Å². The molecule has 1 saturated heterocycles. The Labute approximate surface area is 193 Å². The van der Waals surface area contributed by atoms with Gasteiger partial charge in [0, 0.05) is 48.3 Å². The molecule has 1 fully saturated rings. The van der Waals surface area contributed by atoms with Crippen LogP contribution in [0.15, 0.2) is 47.5 Å². The Balaban J connectivity index is 1.89. The molecular weight excluding hydrogens is 483 g/mol. The van der Waals surface area contributed by atoms with Crippen LogP contribution in [-0.2, 0) is 10.0 Å². The van der Waals surface area contributed by atoms with E-state index in [0.717, 1.165) is 10.2 Å². The molecule has 1 aliphatic heterocycles. The van der Waals surface area contributed by atoms with Gasteiger partial charge in [-0.05, 0) is 30.3 Å². The second-order valence-corrected chi connectivity index (χ2v) is 9.81. The monoisotopic (exact) mass is 503 g/mol. The normalized spacial score (nSPS) is 16.2. The second-order valence-electron chi connectivity index (χ2n) is 7.56. The molecule has 2 heterocycles. The Bertz CT molecular complexity index is 1290. The number of aromatic nitrogens is 1. The van der Waals surface area contributed by atoms with Crippen LogP contribution in [0.4, 0.5) is 18.9 Å². The molecule has 0 bridgehead atoms. The van der Waals surface area contributed by atoms with Gasteiger partial charge in [-0.2, -0.15) is 13.2 Å². The number of nitrogens with zero attached hydrogens (tertiary/aromatic N) is 2. The lowest BCUT2D eigenvalue weighted by atomic mass is 10.1. The summed E-state index contributed by atoms with van der Waals surface area (Å²) in [5, 5.41) is 13.1. The highest BCUT2D eigenvalue weighted by atomic mass is 35.5. The third kappa shape index (κ3) is 4.37. The van der Waals surface area contributed by atoms with Crippen LogP contribution in [0.3, 0.4) is 0 Å². The van der Waals surface area contributed by atoms with Gasteiger partial charge in [0.25, 0.3) is 10.0 Å². The van der Waals surface area contributed by atoms with Gasteiger partial charge in [-0.1, -0.05) is 17.7 Å². The molecule has 3 aromatic rings. The number of methoxy groups -OCH3 is 1. The zero-order valence-corrected chi connectivity index (χ0v) is 19.0.